The Labute approximate surface area is 130 Å². The van der Waals surface area contributed by atoms with Crippen molar-refractivity contribution in [2.24, 2.45) is 0 Å². The summed E-state index contributed by atoms with van der Waals surface area (Å²) < 4.78 is 5.63. The van der Waals surface area contributed by atoms with Gasteiger partial charge in [0, 0.05) is 24.2 Å². The van der Waals surface area contributed by atoms with Crippen molar-refractivity contribution in [3.05, 3.63) is 55.4 Å². The van der Waals surface area contributed by atoms with Crippen LogP contribution in [0.4, 0.5) is 5.69 Å². The van der Waals surface area contributed by atoms with E-state index in [1.807, 2.05) is 26.8 Å². The van der Waals surface area contributed by atoms with E-state index in [1.165, 1.54) is 0 Å². The molecule has 21 heavy (non-hydrogen) atoms. The molecular weight excluding hydrogens is 338 g/mol. The Hall–Kier alpha value is -1.73. The molecule has 0 saturated carbocycles. The lowest BCUT2D eigenvalue weighted by molar-refractivity contribution is -0.385. The van der Waals surface area contributed by atoms with Crippen molar-refractivity contribution in [2.75, 3.05) is 0 Å². The number of nitro benzene ring substituents is 1. The molecule has 1 atom stereocenters. The molecule has 1 aromatic heterocycles. The lowest BCUT2D eigenvalue weighted by Crippen LogP contribution is -2.19. The van der Waals surface area contributed by atoms with Gasteiger partial charge in [0.2, 0.25) is 0 Å². The number of rotatable bonds is 5. The fourth-order valence-electron chi connectivity index (χ4n) is 2.29. The minimum Gasteiger partial charge on any atom is -0.361 e. The van der Waals surface area contributed by atoms with Crippen LogP contribution in [0.3, 0.4) is 0 Å². The molecule has 1 N–H and O–H groups in total. The monoisotopic (exact) mass is 353 g/mol. The average Bonchev–Trinajstić information content (AvgIpc) is 2.76. The van der Waals surface area contributed by atoms with E-state index in [0.717, 1.165) is 22.6 Å². The van der Waals surface area contributed by atoms with E-state index in [9.17, 15) is 10.1 Å². The van der Waals surface area contributed by atoms with Crippen molar-refractivity contribution in [3.8, 4) is 0 Å². The first-order chi connectivity index (χ1) is 9.90. The Balaban J connectivity index is 2.10. The molecule has 2 aromatic rings. The Morgan fingerprint density at radius 2 is 2.19 bits per heavy atom. The standard InChI is InChI=1S/C14H16BrN3O3/c1-8(14-9(2)17-21-10(14)3)16-7-11-4-5-12(15)13(6-11)18(19)20/h4-6,8,16H,7H2,1-3H3. The van der Waals surface area contributed by atoms with E-state index in [-0.39, 0.29) is 11.7 Å². The molecule has 0 bridgehead atoms. The number of aromatic nitrogens is 1. The average molecular weight is 354 g/mol. The highest BCUT2D eigenvalue weighted by atomic mass is 79.9. The fourth-order valence-corrected chi connectivity index (χ4v) is 2.68. The highest BCUT2D eigenvalue weighted by Gasteiger charge is 2.17. The molecule has 0 fully saturated rings. The van der Waals surface area contributed by atoms with Crippen molar-refractivity contribution in [1.29, 1.82) is 0 Å². The molecule has 0 saturated heterocycles. The Morgan fingerprint density at radius 3 is 2.76 bits per heavy atom. The molecule has 0 spiro atoms. The number of hydrogen-bond donors (Lipinski definition) is 1. The number of benzene rings is 1. The summed E-state index contributed by atoms with van der Waals surface area (Å²) in [6.07, 6.45) is 0. The van der Waals surface area contributed by atoms with Gasteiger partial charge in [-0.15, -0.1) is 0 Å². The van der Waals surface area contributed by atoms with E-state index in [0.29, 0.717) is 11.0 Å². The quantitative estimate of drug-likeness (QED) is 0.652. The van der Waals surface area contributed by atoms with Gasteiger partial charge in [-0.05, 0) is 48.3 Å². The van der Waals surface area contributed by atoms with Crippen LogP contribution in [0.15, 0.2) is 27.2 Å². The summed E-state index contributed by atoms with van der Waals surface area (Å²) in [7, 11) is 0. The lowest BCUT2D eigenvalue weighted by atomic mass is 10.1. The molecule has 0 radical (unpaired) electrons. The molecule has 7 heteroatoms. The summed E-state index contributed by atoms with van der Waals surface area (Å²) in [4.78, 5) is 10.5. The zero-order valence-corrected chi connectivity index (χ0v) is 13.6. The molecule has 1 unspecified atom stereocenters. The van der Waals surface area contributed by atoms with E-state index in [2.05, 4.69) is 26.4 Å². The number of aryl methyl sites for hydroxylation is 2. The van der Waals surface area contributed by atoms with E-state index < -0.39 is 4.92 Å². The van der Waals surface area contributed by atoms with Gasteiger partial charge in [-0.3, -0.25) is 10.1 Å². The second-order valence-corrected chi connectivity index (χ2v) is 5.74. The highest BCUT2D eigenvalue weighted by Crippen LogP contribution is 2.26. The summed E-state index contributed by atoms with van der Waals surface area (Å²) >= 11 is 3.18. The molecule has 1 aromatic carbocycles. The number of nitro groups is 1. The third kappa shape index (κ3) is 3.48. The number of nitrogens with zero attached hydrogens (tertiary/aromatic N) is 2. The van der Waals surface area contributed by atoms with Gasteiger partial charge in [0.15, 0.2) is 0 Å². The maximum atomic E-state index is 10.9. The van der Waals surface area contributed by atoms with Gasteiger partial charge < -0.3 is 9.84 Å². The smallest absolute Gasteiger partial charge is 0.283 e. The zero-order chi connectivity index (χ0) is 15.6. The minimum atomic E-state index is -0.398. The zero-order valence-electron chi connectivity index (χ0n) is 12.0. The number of nitrogens with one attached hydrogen (secondary N) is 1. The van der Waals surface area contributed by atoms with Crippen molar-refractivity contribution >= 4 is 21.6 Å². The SMILES string of the molecule is Cc1noc(C)c1C(C)NCc1ccc(Br)c([N+](=O)[O-])c1. The van der Waals surface area contributed by atoms with Gasteiger partial charge in [-0.25, -0.2) is 0 Å². The summed E-state index contributed by atoms with van der Waals surface area (Å²) in [6, 6.07) is 5.16. The molecule has 6 nitrogen and oxygen atoms in total. The molecular formula is C14H16BrN3O3. The Bertz CT molecular complexity index is 650. The van der Waals surface area contributed by atoms with Crippen LogP contribution >= 0.6 is 15.9 Å². The van der Waals surface area contributed by atoms with Crippen LogP contribution in [-0.4, -0.2) is 10.1 Å². The van der Waals surface area contributed by atoms with Crippen molar-refractivity contribution in [3.63, 3.8) is 0 Å². The lowest BCUT2D eigenvalue weighted by Gasteiger charge is -2.13. The van der Waals surface area contributed by atoms with Crippen LogP contribution in [0, 0.1) is 24.0 Å². The first-order valence-electron chi connectivity index (χ1n) is 6.49. The van der Waals surface area contributed by atoms with Gasteiger partial charge in [-0.2, -0.15) is 0 Å². The van der Waals surface area contributed by atoms with Crippen LogP contribution in [-0.2, 0) is 6.54 Å². The molecule has 2 rings (SSSR count). The Kier molecular flexibility index (Phi) is 4.74. The van der Waals surface area contributed by atoms with Crippen molar-refractivity contribution < 1.29 is 9.45 Å². The number of halogens is 1. The molecule has 1 heterocycles. The van der Waals surface area contributed by atoms with Crippen LogP contribution in [0.2, 0.25) is 0 Å². The van der Waals surface area contributed by atoms with Crippen LogP contribution in [0.25, 0.3) is 0 Å². The van der Waals surface area contributed by atoms with Gasteiger partial charge in [0.05, 0.1) is 15.1 Å². The van der Waals surface area contributed by atoms with Crippen LogP contribution in [0.5, 0.6) is 0 Å². The molecule has 0 aliphatic carbocycles. The van der Waals surface area contributed by atoms with Crippen LogP contribution < -0.4 is 5.32 Å². The first-order valence-corrected chi connectivity index (χ1v) is 7.28. The minimum absolute atomic E-state index is 0.0546. The summed E-state index contributed by atoms with van der Waals surface area (Å²) in [6.45, 7) is 6.31. The largest absolute Gasteiger partial charge is 0.361 e. The maximum Gasteiger partial charge on any atom is 0.283 e. The molecule has 112 valence electrons. The fraction of sp³-hybridized carbons (Fsp3) is 0.357. The molecule has 0 amide bonds. The van der Waals surface area contributed by atoms with Crippen LogP contribution in [0.1, 0.15) is 35.5 Å². The normalized spacial score (nSPS) is 12.4. The summed E-state index contributed by atoms with van der Waals surface area (Å²) in [5, 5.41) is 18.2. The topological polar surface area (TPSA) is 81.2 Å². The second kappa shape index (κ2) is 6.36. The third-order valence-corrected chi connectivity index (χ3v) is 4.01. The van der Waals surface area contributed by atoms with E-state index >= 15 is 0 Å². The van der Waals surface area contributed by atoms with Crippen molar-refractivity contribution in [2.45, 2.75) is 33.4 Å². The number of hydrogen-bond acceptors (Lipinski definition) is 5. The van der Waals surface area contributed by atoms with E-state index in [4.69, 9.17) is 4.52 Å². The van der Waals surface area contributed by atoms with Gasteiger partial charge in [0.1, 0.15) is 5.76 Å². The molecule has 0 aliphatic rings. The maximum absolute atomic E-state index is 10.9. The predicted molar refractivity (Wildman–Crippen MR) is 82.0 cm³/mol. The molecule has 0 aliphatic heterocycles. The highest BCUT2D eigenvalue weighted by molar-refractivity contribution is 9.10. The summed E-state index contributed by atoms with van der Waals surface area (Å²) in [5.74, 6) is 0.786. The Morgan fingerprint density at radius 1 is 1.48 bits per heavy atom. The first kappa shape index (κ1) is 15.7. The van der Waals surface area contributed by atoms with Gasteiger partial charge in [0.25, 0.3) is 5.69 Å². The third-order valence-electron chi connectivity index (χ3n) is 3.34. The predicted octanol–water partition coefficient (Wildman–Crippen LogP) is 3.81. The van der Waals surface area contributed by atoms with E-state index in [1.54, 1.807) is 12.1 Å². The van der Waals surface area contributed by atoms with Crippen molar-refractivity contribution in [1.82, 2.24) is 10.5 Å². The summed E-state index contributed by atoms with van der Waals surface area (Å²) in [5.41, 5.74) is 2.80. The van der Waals surface area contributed by atoms with Gasteiger partial charge >= 0.3 is 0 Å². The van der Waals surface area contributed by atoms with Gasteiger partial charge in [-0.1, -0.05) is 11.2 Å². The second-order valence-electron chi connectivity index (χ2n) is 4.88.